The lowest BCUT2D eigenvalue weighted by atomic mass is 10.0. The van der Waals surface area contributed by atoms with Crippen LogP contribution < -0.4 is 15.0 Å². The molecule has 1 unspecified atom stereocenters. The number of ether oxygens (including phenoxy) is 2. The summed E-state index contributed by atoms with van der Waals surface area (Å²) in [6, 6.07) is 8.69. The summed E-state index contributed by atoms with van der Waals surface area (Å²) in [5.74, 6) is 0.111. The SMILES string of the molecule is COc1ccc(C2=CC(C)(c3nc(-c4cc(F)ccc4F)no3)ON2)cc1OC1CCCC1. The van der Waals surface area contributed by atoms with Gasteiger partial charge in [0.1, 0.15) is 11.6 Å². The van der Waals surface area contributed by atoms with Gasteiger partial charge in [0.25, 0.3) is 5.89 Å². The average molecular weight is 455 g/mol. The molecule has 1 saturated carbocycles. The van der Waals surface area contributed by atoms with E-state index in [1.54, 1.807) is 20.1 Å². The molecule has 3 aromatic rings. The molecule has 2 heterocycles. The fourth-order valence-electron chi connectivity index (χ4n) is 4.07. The maximum Gasteiger partial charge on any atom is 0.265 e. The molecule has 0 amide bonds. The maximum atomic E-state index is 14.1. The van der Waals surface area contributed by atoms with Crippen LogP contribution in [0.4, 0.5) is 8.78 Å². The van der Waals surface area contributed by atoms with E-state index in [0.29, 0.717) is 17.2 Å². The molecule has 2 aromatic carbocycles. The minimum atomic E-state index is -1.11. The zero-order valence-corrected chi connectivity index (χ0v) is 18.2. The number of hydrogen-bond acceptors (Lipinski definition) is 7. The van der Waals surface area contributed by atoms with Gasteiger partial charge in [0.05, 0.1) is 24.5 Å². The van der Waals surface area contributed by atoms with Gasteiger partial charge in [0, 0.05) is 5.56 Å². The normalized spacial score (nSPS) is 20.5. The van der Waals surface area contributed by atoms with Gasteiger partial charge in [-0.3, -0.25) is 10.3 Å². The van der Waals surface area contributed by atoms with Crippen molar-refractivity contribution in [3.63, 3.8) is 0 Å². The first-order chi connectivity index (χ1) is 15.9. The molecule has 172 valence electrons. The van der Waals surface area contributed by atoms with Gasteiger partial charge < -0.3 is 14.0 Å². The average Bonchev–Trinajstić information content (AvgIpc) is 3.57. The summed E-state index contributed by atoms with van der Waals surface area (Å²) < 4.78 is 44.6. The van der Waals surface area contributed by atoms with Gasteiger partial charge >= 0.3 is 0 Å². The lowest BCUT2D eigenvalue weighted by molar-refractivity contribution is -0.0445. The molecule has 1 atom stereocenters. The number of nitrogens with zero attached hydrogens (tertiary/aromatic N) is 2. The molecular weight excluding hydrogens is 432 g/mol. The van der Waals surface area contributed by atoms with Crippen LogP contribution in [0.1, 0.15) is 44.1 Å². The summed E-state index contributed by atoms with van der Waals surface area (Å²) in [6.45, 7) is 1.73. The Kier molecular flexibility index (Phi) is 5.49. The van der Waals surface area contributed by atoms with Crippen molar-refractivity contribution in [3.05, 3.63) is 65.6 Å². The summed E-state index contributed by atoms with van der Waals surface area (Å²) in [6.07, 6.45) is 6.35. The first kappa shape index (κ1) is 21.4. The molecule has 0 spiro atoms. The third-order valence-corrected chi connectivity index (χ3v) is 5.88. The molecule has 0 bridgehead atoms. The molecule has 1 aliphatic heterocycles. The number of nitrogens with one attached hydrogen (secondary N) is 1. The van der Waals surface area contributed by atoms with Crippen LogP contribution >= 0.6 is 0 Å². The minimum Gasteiger partial charge on any atom is -0.493 e. The lowest BCUT2D eigenvalue weighted by Crippen LogP contribution is -2.23. The Bertz CT molecular complexity index is 1210. The molecule has 0 saturated heterocycles. The second-order valence-corrected chi connectivity index (χ2v) is 8.31. The molecule has 9 heteroatoms. The zero-order valence-electron chi connectivity index (χ0n) is 18.2. The van der Waals surface area contributed by atoms with Gasteiger partial charge in [-0.2, -0.15) is 4.98 Å². The molecule has 1 aliphatic carbocycles. The zero-order chi connectivity index (χ0) is 23.0. The Morgan fingerprint density at radius 3 is 2.70 bits per heavy atom. The van der Waals surface area contributed by atoms with Crippen LogP contribution in [0.2, 0.25) is 0 Å². The van der Waals surface area contributed by atoms with Crippen LogP contribution in [-0.4, -0.2) is 23.4 Å². The van der Waals surface area contributed by atoms with Gasteiger partial charge in [0.15, 0.2) is 17.1 Å². The van der Waals surface area contributed by atoms with E-state index in [0.717, 1.165) is 49.4 Å². The van der Waals surface area contributed by atoms with E-state index in [4.69, 9.17) is 18.8 Å². The van der Waals surface area contributed by atoms with Crippen molar-refractivity contribution in [1.82, 2.24) is 15.6 Å². The Morgan fingerprint density at radius 1 is 1.09 bits per heavy atom. The largest absolute Gasteiger partial charge is 0.493 e. The Hall–Kier alpha value is -3.46. The van der Waals surface area contributed by atoms with Crippen molar-refractivity contribution in [2.75, 3.05) is 7.11 Å². The molecule has 5 rings (SSSR count). The van der Waals surface area contributed by atoms with Crippen molar-refractivity contribution in [2.24, 2.45) is 0 Å². The fraction of sp³-hybridized carbons (Fsp3) is 0.333. The molecular formula is C24H23F2N3O4. The summed E-state index contributed by atoms with van der Waals surface area (Å²) >= 11 is 0. The smallest absolute Gasteiger partial charge is 0.265 e. The van der Waals surface area contributed by atoms with Crippen LogP contribution in [0.25, 0.3) is 17.1 Å². The highest BCUT2D eigenvalue weighted by Gasteiger charge is 2.38. The summed E-state index contributed by atoms with van der Waals surface area (Å²) in [5, 5.41) is 3.80. The van der Waals surface area contributed by atoms with Crippen LogP contribution in [0.15, 0.2) is 47.0 Å². The van der Waals surface area contributed by atoms with Crippen molar-refractivity contribution in [3.8, 4) is 22.9 Å². The van der Waals surface area contributed by atoms with Crippen LogP contribution in [0, 0.1) is 11.6 Å². The maximum absolute atomic E-state index is 14.1. The van der Waals surface area contributed by atoms with Gasteiger partial charge in [-0.15, -0.1) is 0 Å². The number of methoxy groups -OCH3 is 1. The molecule has 2 aliphatic rings. The van der Waals surface area contributed by atoms with Crippen LogP contribution in [-0.2, 0) is 10.4 Å². The minimum absolute atomic E-state index is 0.0645. The summed E-state index contributed by atoms with van der Waals surface area (Å²) in [5.41, 5.74) is 3.19. The highest BCUT2D eigenvalue weighted by molar-refractivity contribution is 5.68. The first-order valence-corrected chi connectivity index (χ1v) is 10.8. The summed E-state index contributed by atoms with van der Waals surface area (Å²) in [4.78, 5) is 9.99. The van der Waals surface area contributed by atoms with Crippen molar-refractivity contribution >= 4 is 5.70 Å². The van der Waals surface area contributed by atoms with Gasteiger partial charge in [-0.25, -0.2) is 8.78 Å². The van der Waals surface area contributed by atoms with Crippen molar-refractivity contribution in [2.45, 2.75) is 44.3 Å². The van der Waals surface area contributed by atoms with Crippen molar-refractivity contribution in [1.29, 1.82) is 0 Å². The fourth-order valence-corrected chi connectivity index (χ4v) is 4.07. The van der Waals surface area contributed by atoms with E-state index in [9.17, 15) is 8.78 Å². The third-order valence-electron chi connectivity index (χ3n) is 5.88. The first-order valence-electron chi connectivity index (χ1n) is 10.8. The van der Waals surface area contributed by atoms with Gasteiger partial charge in [-0.05, 0) is 75.1 Å². The molecule has 33 heavy (non-hydrogen) atoms. The highest BCUT2D eigenvalue weighted by Crippen LogP contribution is 2.38. The van der Waals surface area contributed by atoms with Gasteiger partial charge in [-0.1, -0.05) is 5.16 Å². The molecule has 7 nitrogen and oxygen atoms in total. The monoisotopic (exact) mass is 455 g/mol. The number of hydrogen-bond donors (Lipinski definition) is 1. The van der Waals surface area contributed by atoms with E-state index in [1.165, 1.54) is 0 Å². The number of rotatable bonds is 6. The highest BCUT2D eigenvalue weighted by atomic mass is 19.1. The molecule has 0 radical (unpaired) electrons. The summed E-state index contributed by atoms with van der Waals surface area (Å²) in [7, 11) is 1.61. The number of halogens is 2. The standard InChI is InChI=1S/C24H23F2N3O4/c1-24(23-27-22(29-32-23)17-12-15(25)8-9-18(17)26)13-19(28-33-24)14-7-10-20(30-2)21(11-14)31-16-5-3-4-6-16/h7-13,16,28H,3-6H2,1-2H3. The number of aromatic nitrogens is 2. The van der Waals surface area contributed by atoms with E-state index in [-0.39, 0.29) is 23.4 Å². The van der Waals surface area contributed by atoms with Crippen LogP contribution in [0.3, 0.4) is 0 Å². The van der Waals surface area contributed by atoms with Crippen molar-refractivity contribution < 1.29 is 27.6 Å². The van der Waals surface area contributed by atoms with E-state index in [2.05, 4.69) is 15.6 Å². The Morgan fingerprint density at radius 2 is 1.91 bits per heavy atom. The topological polar surface area (TPSA) is 78.6 Å². The lowest BCUT2D eigenvalue weighted by Gasteiger charge is -2.17. The Balaban J connectivity index is 1.42. The second kappa shape index (κ2) is 8.47. The Labute approximate surface area is 189 Å². The predicted octanol–water partition coefficient (Wildman–Crippen LogP) is 5.14. The molecule has 1 N–H and O–H groups in total. The number of benzene rings is 2. The quantitative estimate of drug-likeness (QED) is 0.552. The van der Waals surface area contributed by atoms with E-state index < -0.39 is 17.2 Å². The second-order valence-electron chi connectivity index (χ2n) is 8.31. The third kappa shape index (κ3) is 4.16. The number of hydroxylamine groups is 1. The molecule has 1 aromatic heterocycles. The van der Waals surface area contributed by atoms with Gasteiger partial charge in [0.2, 0.25) is 5.82 Å². The molecule has 1 fully saturated rings. The predicted molar refractivity (Wildman–Crippen MR) is 115 cm³/mol. The van der Waals surface area contributed by atoms with E-state index >= 15 is 0 Å². The van der Waals surface area contributed by atoms with Crippen LogP contribution in [0.5, 0.6) is 11.5 Å². The van der Waals surface area contributed by atoms with E-state index in [1.807, 2.05) is 18.2 Å².